The Labute approximate surface area is 230 Å². The summed E-state index contributed by atoms with van der Waals surface area (Å²) >= 11 is 0. The molecule has 1 aliphatic heterocycles. The molecule has 0 aliphatic carbocycles. The topological polar surface area (TPSA) is 57.2 Å². The lowest BCUT2D eigenvalue weighted by Crippen LogP contribution is -2.56. The molecule has 4 aromatic carbocycles. The van der Waals surface area contributed by atoms with Crippen LogP contribution in [0.15, 0.2) is 133 Å². The first-order chi connectivity index (χ1) is 19.2. The third-order valence-corrected chi connectivity index (χ3v) is 7.49. The summed E-state index contributed by atoms with van der Waals surface area (Å²) in [4.78, 5) is 0. The van der Waals surface area contributed by atoms with Gasteiger partial charge in [0.2, 0.25) is 0 Å². The summed E-state index contributed by atoms with van der Waals surface area (Å²) in [7, 11) is 2.67. The normalized spacial score (nSPS) is 18.1. The molecule has 198 valence electrons. The van der Waals surface area contributed by atoms with Gasteiger partial charge in [-0.25, -0.2) is 0 Å². The highest BCUT2D eigenvalue weighted by Crippen LogP contribution is 2.50. The van der Waals surface area contributed by atoms with Gasteiger partial charge in [0, 0.05) is 14.2 Å². The predicted octanol–water partition coefficient (Wildman–Crippen LogP) is 5.53. The Balaban J connectivity index is 1.80. The van der Waals surface area contributed by atoms with Crippen LogP contribution in [0.25, 0.3) is 0 Å². The number of hydrogen-bond donors (Lipinski definition) is 1. The minimum absolute atomic E-state index is 0.127. The van der Waals surface area contributed by atoms with Crippen molar-refractivity contribution in [1.82, 2.24) is 0 Å². The smallest absolute Gasteiger partial charge is 0.398 e. The summed E-state index contributed by atoms with van der Waals surface area (Å²) < 4.78 is 26.6. The molecule has 4 aromatic rings. The van der Waals surface area contributed by atoms with Gasteiger partial charge in [-0.15, -0.1) is 0 Å². The van der Waals surface area contributed by atoms with Crippen LogP contribution >= 0.6 is 0 Å². The number of ether oxygens (including phenoxy) is 2. The first-order valence-corrected chi connectivity index (χ1v) is 13.1. The van der Waals surface area contributed by atoms with Gasteiger partial charge in [0.05, 0.1) is 6.61 Å². The van der Waals surface area contributed by atoms with E-state index in [0.29, 0.717) is 0 Å². The maximum absolute atomic E-state index is 9.54. The van der Waals surface area contributed by atoms with Crippen LogP contribution in [0.4, 0.5) is 0 Å². The Morgan fingerprint density at radius 1 is 0.615 bits per heavy atom. The van der Waals surface area contributed by atoms with E-state index in [1.165, 1.54) is 0 Å². The van der Waals surface area contributed by atoms with Gasteiger partial charge >= 0.3 is 7.12 Å². The monoisotopic (exact) mass is 520 g/mol. The molecule has 0 aromatic heterocycles. The van der Waals surface area contributed by atoms with E-state index >= 15 is 0 Å². The largest absolute Gasteiger partial charge is 0.486 e. The number of benzene rings is 4. The van der Waals surface area contributed by atoms with Gasteiger partial charge < -0.3 is 23.9 Å². The molecule has 39 heavy (non-hydrogen) atoms. The van der Waals surface area contributed by atoms with Gasteiger partial charge in [0.15, 0.2) is 0 Å². The molecule has 0 unspecified atom stereocenters. The molecule has 6 heteroatoms. The summed E-state index contributed by atoms with van der Waals surface area (Å²) in [6, 6.07) is 40.3. The van der Waals surface area contributed by atoms with Gasteiger partial charge in [-0.3, -0.25) is 0 Å². The van der Waals surface area contributed by atoms with E-state index in [9.17, 15) is 5.11 Å². The summed E-state index contributed by atoms with van der Waals surface area (Å²) in [5.74, 6) is 1.74. The van der Waals surface area contributed by atoms with E-state index in [2.05, 4.69) is 0 Å². The zero-order valence-corrected chi connectivity index (χ0v) is 22.2. The molecule has 1 saturated heterocycles. The summed E-state index contributed by atoms with van der Waals surface area (Å²) in [6.07, 6.45) is 0.297. The predicted molar refractivity (Wildman–Crippen MR) is 153 cm³/mol. The average Bonchev–Trinajstić information content (AvgIpc) is 3.44. The van der Waals surface area contributed by atoms with Crippen molar-refractivity contribution in [2.24, 2.45) is 0 Å². The van der Waals surface area contributed by atoms with Crippen LogP contribution in [-0.2, 0) is 30.0 Å². The number of rotatable bonds is 10. The van der Waals surface area contributed by atoms with Gasteiger partial charge in [-0.2, -0.15) is 0 Å². The first-order valence-electron chi connectivity index (χ1n) is 13.1. The molecule has 5 rings (SSSR count). The van der Waals surface area contributed by atoms with E-state index in [4.69, 9.17) is 18.8 Å². The van der Waals surface area contributed by atoms with E-state index < -0.39 is 30.5 Å². The van der Waals surface area contributed by atoms with Crippen molar-refractivity contribution in [3.05, 3.63) is 156 Å². The van der Waals surface area contributed by atoms with Crippen molar-refractivity contribution in [2.45, 2.75) is 23.4 Å². The van der Waals surface area contributed by atoms with Crippen LogP contribution in [0.3, 0.4) is 0 Å². The van der Waals surface area contributed by atoms with Gasteiger partial charge in [0.25, 0.3) is 0 Å². The Morgan fingerprint density at radius 2 is 0.923 bits per heavy atom. The van der Waals surface area contributed by atoms with Crippen LogP contribution in [0.2, 0.25) is 0 Å². The van der Waals surface area contributed by atoms with Crippen LogP contribution in [-0.4, -0.2) is 45.3 Å². The molecule has 0 amide bonds. The Hall–Kier alpha value is -3.52. The highest BCUT2D eigenvalue weighted by molar-refractivity contribution is 6.51. The molecular formula is C33H33BO5. The van der Waals surface area contributed by atoms with Crippen LogP contribution in [0, 0.1) is 0 Å². The first kappa shape index (κ1) is 27.1. The average molecular weight is 520 g/mol. The lowest BCUT2D eigenvalue weighted by Gasteiger charge is -2.46. The second-order valence-electron chi connectivity index (χ2n) is 9.44. The molecule has 0 spiro atoms. The van der Waals surface area contributed by atoms with Gasteiger partial charge in [0.1, 0.15) is 23.4 Å². The third-order valence-electron chi connectivity index (χ3n) is 7.49. The SMILES string of the molecule is COC(c1ccccc1)(c1ccccc1)[C@@H]1OB(/C=C/CO)O[C@H]1C(OC)(c1ccccc1)c1ccccc1. The molecular weight excluding hydrogens is 487 g/mol. The van der Waals surface area contributed by atoms with E-state index in [-0.39, 0.29) is 6.61 Å². The number of hydrogen-bond acceptors (Lipinski definition) is 5. The molecule has 5 nitrogen and oxygen atoms in total. The fraction of sp³-hybridized carbons (Fsp3) is 0.212. The van der Waals surface area contributed by atoms with Crippen molar-refractivity contribution in [3.63, 3.8) is 0 Å². The Morgan fingerprint density at radius 3 is 1.18 bits per heavy atom. The molecule has 1 fully saturated rings. The number of aliphatic hydroxyl groups is 1. The van der Waals surface area contributed by atoms with Gasteiger partial charge in [-0.1, -0.05) is 133 Å². The zero-order valence-electron chi connectivity index (χ0n) is 22.2. The molecule has 1 N–H and O–H groups in total. The van der Waals surface area contributed by atoms with Crippen molar-refractivity contribution in [3.8, 4) is 0 Å². The zero-order chi connectivity index (χ0) is 27.1. The number of methoxy groups -OCH3 is 2. The van der Waals surface area contributed by atoms with Crippen molar-refractivity contribution >= 4 is 7.12 Å². The molecule has 0 bridgehead atoms. The lowest BCUT2D eigenvalue weighted by molar-refractivity contribution is -0.136. The minimum atomic E-state index is -1.05. The third kappa shape index (κ3) is 4.87. The Bertz CT molecular complexity index is 1150. The van der Waals surface area contributed by atoms with Crippen LogP contribution < -0.4 is 0 Å². The highest BCUT2D eigenvalue weighted by atomic mass is 16.7. The van der Waals surface area contributed by atoms with E-state index in [0.717, 1.165) is 22.3 Å². The van der Waals surface area contributed by atoms with Crippen molar-refractivity contribution in [1.29, 1.82) is 0 Å². The molecule has 2 atom stereocenters. The summed E-state index contributed by atoms with van der Waals surface area (Å²) in [5, 5.41) is 9.54. The fourth-order valence-electron chi connectivity index (χ4n) is 5.78. The quantitative estimate of drug-likeness (QED) is 0.279. The second-order valence-corrected chi connectivity index (χ2v) is 9.44. The maximum atomic E-state index is 9.54. The molecule has 1 heterocycles. The van der Waals surface area contributed by atoms with Crippen molar-refractivity contribution in [2.75, 3.05) is 20.8 Å². The Kier molecular flexibility index (Phi) is 8.41. The minimum Gasteiger partial charge on any atom is -0.398 e. The maximum Gasteiger partial charge on any atom is 0.486 e. The lowest BCUT2D eigenvalue weighted by atomic mass is 9.71. The van der Waals surface area contributed by atoms with Crippen molar-refractivity contribution < 1.29 is 23.9 Å². The molecule has 1 aliphatic rings. The van der Waals surface area contributed by atoms with E-state index in [1.54, 1.807) is 26.3 Å². The van der Waals surface area contributed by atoms with Crippen LogP contribution in [0.1, 0.15) is 22.3 Å². The summed E-state index contributed by atoms with van der Waals surface area (Å²) in [5.41, 5.74) is 1.60. The van der Waals surface area contributed by atoms with Gasteiger partial charge in [-0.05, 0) is 22.3 Å². The standard InChI is InChI=1S/C33H33BO5/c1-36-32(26-16-7-3-8-17-26,27-18-9-4-10-19-27)30-31(39-34(38-30)24-15-25-35)33(37-2,28-20-11-5-12-21-28)29-22-13-6-14-23-29/h3-24,30-31,35H,25H2,1-2H3/b24-15+/t30-,31-/m1/s1. The molecule has 0 radical (unpaired) electrons. The molecule has 0 saturated carbocycles. The fourth-order valence-corrected chi connectivity index (χ4v) is 5.78. The van der Waals surface area contributed by atoms with Crippen LogP contribution in [0.5, 0.6) is 0 Å². The summed E-state index contributed by atoms with van der Waals surface area (Å²) in [6.45, 7) is -0.127. The second kappa shape index (κ2) is 12.1. The van der Waals surface area contributed by atoms with E-state index in [1.807, 2.05) is 121 Å². The number of aliphatic hydroxyl groups excluding tert-OH is 1. The highest BCUT2D eigenvalue weighted by Gasteiger charge is 2.61.